The quantitative estimate of drug-likeness (QED) is 0.591. The molecule has 1 fully saturated rings. The minimum atomic E-state index is -1.47. The number of aliphatic hydroxyl groups is 2. The Bertz CT molecular complexity index is 275. The molecule has 1 aliphatic heterocycles. The highest BCUT2D eigenvalue weighted by atomic mass is 16.3. The van der Waals surface area contributed by atoms with Crippen LogP contribution < -0.4 is 0 Å². The number of rotatable bonds is 4. The van der Waals surface area contributed by atoms with E-state index in [0.717, 1.165) is 4.90 Å². The molecule has 1 rings (SSSR count). The largest absolute Gasteiger partial charge is 0.393 e. The van der Waals surface area contributed by atoms with Crippen molar-refractivity contribution in [3.63, 3.8) is 0 Å². The first kappa shape index (κ1) is 11.9. The number of carbonyl (C=O) groups is 2. The Hall–Kier alpha value is -1.14. The van der Waals surface area contributed by atoms with Gasteiger partial charge in [0.25, 0.3) is 5.91 Å². The fourth-order valence-corrected chi connectivity index (χ4v) is 1.86. The lowest BCUT2D eigenvalue weighted by Gasteiger charge is -2.30. The van der Waals surface area contributed by atoms with Gasteiger partial charge >= 0.3 is 6.03 Å². The predicted molar refractivity (Wildman–Crippen MR) is 52.1 cm³/mol. The second kappa shape index (κ2) is 4.16. The summed E-state index contributed by atoms with van der Waals surface area (Å²) in [6, 6.07) is -0.451. The van der Waals surface area contributed by atoms with E-state index < -0.39 is 30.7 Å². The molecule has 1 aliphatic rings. The molecule has 0 saturated carbocycles. The lowest BCUT2D eigenvalue weighted by Crippen LogP contribution is -2.55. The van der Waals surface area contributed by atoms with E-state index in [9.17, 15) is 19.8 Å². The summed E-state index contributed by atoms with van der Waals surface area (Å²) in [6.07, 6.45) is 0. The number of aliphatic hydroxyl groups excluding tert-OH is 2. The minimum absolute atomic E-state index is 0.246. The van der Waals surface area contributed by atoms with Crippen LogP contribution in [-0.2, 0) is 4.79 Å². The molecular weight excluding hydrogens is 200 g/mol. The number of likely N-dealkylation sites (N-methyl/N-ethyl adjacent to an activating group) is 2. The zero-order chi connectivity index (χ0) is 11.6. The van der Waals surface area contributed by atoms with E-state index in [1.54, 1.807) is 13.8 Å². The molecule has 6 heteroatoms. The zero-order valence-corrected chi connectivity index (χ0v) is 8.93. The van der Waals surface area contributed by atoms with Crippen LogP contribution in [0.5, 0.6) is 0 Å². The number of carbonyl (C=O) groups excluding carboxylic acids is 2. The van der Waals surface area contributed by atoms with Gasteiger partial charge < -0.3 is 15.1 Å². The second-order valence-corrected chi connectivity index (χ2v) is 3.42. The summed E-state index contributed by atoms with van der Waals surface area (Å²) in [4.78, 5) is 25.8. The number of imide groups is 1. The number of hydrogen-bond donors (Lipinski definition) is 2. The molecule has 15 heavy (non-hydrogen) atoms. The van der Waals surface area contributed by atoms with Crippen LogP contribution in [0, 0.1) is 0 Å². The summed E-state index contributed by atoms with van der Waals surface area (Å²) in [5.74, 6) is -0.526. The Morgan fingerprint density at radius 3 is 1.93 bits per heavy atom. The molecule has 0 aromatic rings. The van der Waals surface area contributed by atoms with Crippen LogP contribution in [0.2, 0.25) is 0 Å². The molecule has 0 aromatic carbocycles. The summed E-state index contributed by atoms with van der Waals surface area (Å²) in [5.41, 5.74) is -1.47. The summed E-state index contributed by atoms with van der Waals surface area (Å²) in [5, 5.41) is 18.4. The van der Waals surface area contributed by atoms with E-state index in [1.807, 2.05) is 0 Å². The average molecular weight is 216 g/mol. The van der Waals surface area contributed by atoms with Crippen molar-refractivity contribution in [1.82, 2.24) is 9.80 Å². The molecule has 0 bridgehead atoms. The summed E-state index contributed by atoms with van der Waals surface area (Å²) >= 11 is 0. The predicted octanol–water partition coefficient (Wildman–Crippen LogP) is -0.986. The fraction of sp³-hybridized carbons (Fsp3) is 0.778. The maximum Gasteiger partial charge on any atom is 0.327 e. The van der Waals surface area contributed by atoms with Crippen LogP contribution in [0.25, 0.3) is 0 Å². The van der Waals surface area contributed by atoms with Crippen molar-refractivity contribution in [1.29, 1.82) is 0 Å². The highest BCUT2D eigenvalue weighted by molar-refractivity contribution is 6.07. The highest BCUT2D eigenvalue weighted by Crippen LogP contribution is 2.27. The van der Waals surface area contributed by atoms with Gasteiger partial charge in [-0.05, 0) is 13.8 Å². The molecule has 0 atom stereocenters. The Kier molecular flexibility index (Phi) is 3.31. The first-order chi connectivity index (χ1) is 7.08. The van der Waals surface area contributed by atoms with Gasteiger partial charge in [-0.3, -0.25) is 9.69 Å². The van der Waals surface area contributed by atoms with Gasteiger partial charge in [0.1, 0.15) is 0 Å². The van der Waals surface area contributed by atoms with Gasteiger partial charge in [-0.2, -0.15) is 0 Å². The van der Waals surface area contributed by atoms with Gasteiger partial charge in [-0.1, -0.05) is 0 Å². The van der Waals surface area contributed by atoms with Crippen molar-refractivity contribution >= 4 is 11.9 Å². The van der Waals surface area contributed by atoms with Crippen molar-refractivity contribution in [2.45, 2.75) is 19.4 Å². The van der Waals surface area contributed by atoms with Crippen LogP contribution >= 0.6 is 0 Å². The van der Waals surface area contributed by atoms with Crippen molar-refractivity contribution in [2.24, 2.45) is 0 Å². The van der Waals surface area contributed by atoms with Crippen molar-refractivity contribution in [3.05, 3.63) is 0 Å². The van der Waals surface area contributed by atoms with Crippen LogP contribution in [-0.4, -0.2) is 63.8 Å². The van der Waals surface area contributed by atoms with Crippen LogP contribution in [0.15, 0.2) is 0 Å². The Morgan fingerprint density at radius 1 is 1.13 bits per heavy atom. The van der Waals surface area contributed by atoms with Crippen molar-refractivity contribution < 1.29 is 19.8 Å². The van der Waals surface area contributed by atoms with E-state index in [1.165, 1.54) is 4.90 Å². The summed E-state index contributed by atoms with van der Waals surface area (Å²) in [6.45, 7) is 2.79. The van der Waals surface area contributed by atoms with Crippen molar-refractivity contribution in [3.8, 4) is 0 Å². The van der Waals surface area contributed by atoms with Crippen LogP contribution in [0.3, 0.4) is 0 Å². The SMILES string of the molecule is CCN1C(=O)N(CC)C(CO)(CO)C1=O. The molecule has 0 unspecified atom stereocenters. The lowest BCUT2D eigenvalue weighted by molar-refractivity contribution is -0.137. The van der Waals surface area contributed by atoms with Gasteiger partial charge in [-0.15, -0.1) is 0 Å². The zero-order valence-electron chi connectivity index (χ0n) is 8.93. The first-order valence-corrected chi connectivity index (χ1v) is 4.94. The number of hydrogen-bond acceptors (Lipinski definition) is 4. The number of nitrogens with zero attached hydrogens (tertiary/aromatic N) is 2. The molecule has 0 aromatic heterocycles. The molecule has 0 aliphatic carbocycles. The van der Waals surface area contributed by atoms with Crippen LogP contribution in [0.1, 0.15) is 13.8 Å². The number of urea groups is 1. The van der Waals surface area contributed by atoms with E-state index in [-0.39, 0.29) is 13.1 Å². The fourth-order valence-electron chi connectivity index (χ4n) is 1.86. The van der Waals surface area contributed by atoms with Crippen LogP contribution in [0.4, 0.5) is 4.79 Å². The third-order valence-corrected chi connectivity index (χ3v) is 2.78. The molecule has 0 spiro atoms. The second-order valence-electron chi connectivity index (χ2n) is 3.42. The Labute approximate surface area is 88.1 Å². The lowest BCUT2D eigenvalue weighted by atomic mass is 10.0. The summed E-state index contributed by atoms with van der Waals surface area (Å²) in [7, 11) is 0. The van der Waals surface area contributed by atoms with Crippen molar-refractivity contribution in [2.75, 3.05) is 26.3 Å². The van der Waals surface area contributed by atoms with E-state index in [0.29, 0.717) is 0 Å². The monoisotopic (exact) mass is 216 g/mol. The molecule has 6 nitrogen and oxygen atoms in total. The van der Waals surface area contributed by atoms with Gasteiger partial charge in [0.15, 0.2) is 5.54 Å². The molecule has 3 amide bonds. The number of amides is 3. The molecule has 1 heterocycles. The topological polar surface area (TPSA) is 81.1 Å². The average Bonchev–Trinajstić information content (AvgIpc) is 2.46. The van der Waals surface area contributed by atoms with E-state index in [2.05, 4.69) is 0 Å². The molecule has 86 valence electrons. The Morgan fingerprint density at radius 2 is 1.67 bits per heavy atom. The smallest absolute Gasteiger partial charge is 0.327 e. The highest BCUT2D eigenvalue weighted by Gasteiger charge is 2.55. The van der Waals surface area contributed by atoms with E-state index in [4.69, 9.17) is 0 Å². The maximum atomic E-state index is 11.8. The van der Waals surface area contributed by atoms with Gasteiger partial charge in [0.05, 0.1) is 13.2 Å². The maximum absolute atomic E-state index is 11.8. The molecule has 2 N–H and O–H groups in total. The van der Waals surface area contributed by atoms with Gasteiger partial charge in [0, 0.05) is 13.1 Å². The normalized spacial score (nSPS) is 20.3. The first-order valence-electron chi connectivity index (χ1n) is 4.94. The van der Waals surface area contributed by atoms with E-state index >= 15 is 0 Å². The van der Waals surface area contributed by atoms with Gasteiger partial charge in [0.2, 0.25) is 0 Å². The standard InChI is InChI=1S/C9H16N2O4/c1-3-10-7(14)9(5-12,6-13)11(4-2)8(10)15/h12-13H,3-6H2,1-2H3. The Balaban J connectivity index is 3.15. The molecule has 1 saturated heterocycles. The third-order valence-electron chi connectivity index (χ3n) is 2.78. The minimum Gasteiger partial charge on any atom is -0.393 e. The molecule has 0 radical (unpaired) electrons. The van der Waals surface area contributed by atoms with Gasteiger partial charge in [-0.25, -0.2) is 4.79 Å². The molecular formula is C9H16N2O4. The summed E-state index contributed by atoms with van der Waals surface area (Å²) < 4.78 is 0. The third kappa shape index (κ3) is 1.40.